The Hall–Kier alpha value is -2.89. The predicted octanol–water partition coefficient (Wildman–Crippen LogP) is 9.68. The van der Waals surface area contributed by atoms with Crippen LogP contribution in [-0.2, 0) is 18.3 Å². The van der Waals surface area contributed by atoms with Crippen molar-refractivity contribution in [3.63, 3.8) is 0 Å². The van der Waals surface area contributed by atoms with Crippen molar-refractivity contribution in [1.29, 1.82) is 0 Å². The molecule has 0 bridgehead atoms. The molecule has 0 aliphatic heterocycles. The summed E-state index contributed by atoms with van der Waals surface area (Å²) in [6.07, 6.45) is 6.20. The number of benzene rings is 4. The summed E-state index contributed by atoms with van der Waals surface area (Å²) >= 11 is -4.18. The second kappa shape index (κ2) is 9.14. The van der Waals surface area contributed by atoms with Gasteiger partial charge in [-0.2, -0.15) is 0 Å². The topological polar surface area (TPSA) is 0 Å². The van der Waals surface area contributed by atoms with Crippen LogP contribution in [-0.4, -0.2) is 3.21 Å². The molecule has 0 spiro atoms. The normalized spacial score (nSPS) is 15.3. The standard InChI is InChI=1S/C13H9.C13H10.C8H11.2CH3.Zr/c1-3-7-12-10(5-1)9-11-6-2-4-8-13(11)12;1-3-7-12(8-4-1)11-13-9-5-2-6-10-13;1-7(2)8-5-3-4-6-8;;;/h1-9H;1-10H;5-7H,3H2,1-2H3;2*1H3;. The van der Waals surface area contributed by atoms with Crippen molar-refractivity contribution in [3.8, 4) is 11.1 Å². The molecule has 0 atom stereocenters. The Morgan fingerprint density at radius 2 is 1.11 bits per heavy atom. The van der Waals surface area contributed by atoms with E-state index in [1.54, 1.807) is 6.49 Å². The number of hydrogen-bond acceptors (Lipinski definition) is 0. The van der Waals surface area contributed by atoms with E-state index in [2.05, 4.69) is 144 Å². The van der Waals surface area contributed by atoms with E-state index in [0.717, 1.165) is 6.42 Å². The number of allylic oxidation sites excluding steroid dienone is 4. The van der Waals surface area contributed by atoms with Gasteiger partial charge in [0.1, 0.15) is 0 Å². The molecule has 37 heavy (non-hydrogen) atoms. The summed E-state index contributed by atoms with van der Waals surface area (Å²) < 4.78 is 9.16. The second-order valence-electron chi connectivity index (χ2n) is 11.9. The number of rotatable bonds is 5. The Bertz CT molecular complexity index is 1520. The molecule has 0 amide bonds. The Kier molecular flexibility index (Phi) is 6.04. The van der Waals surface area contributed by atoms with Crippen molar-refractivity contribution in [2.75, 3.05) is 0 Å². The van der Waals surface area contributed by atoms with Crippen LogP contribution in [0.5, 0.6) is 0 Å². The van der Waals surface area contributed by atoms with Crippen LogP contribution in [0.2, 0.25) is 9.26 Å². The number of hydrogen-bond donors (Lipinski definition) is 0. The fraction of sp³-hybridized carbons (Fsp3) is 0.194. The number of fused-ring (bicyclic) bond motifs is 3. The van der Waals surface area contributed by atoms with Crippen LogP contribution in [0.3, 0.4) is 0 Å². The third-order valence-electron chi connectivity index (χ3n) is 9.15. The molecule has 2 aliphatic rings. The third kappa shape index (κ3) is 3.78. The molecule has 0 saturated carbocycles. The molecule has 1 heteroatoms. The van der Waals surface area contributed by atoms with Crippen LogP contribution < -0.4 is 0 Å². The van der Waals surface area contributed by atoms with E-state index in [0.29, 0.717) is 9.54 Å². The van der Waals surface area contributed by atoms with Gasteiger partial charge in [0.25, 0.3) is 0 Å². The van der Waals surface area contributed by atoms with E-state index in [1.807, 2.05) is 0 Å². The van der Waals surface area contributed by atoms with Gasteiger partial charge in [-0.3, -0.25) is 0 Å². The van der Waals surface area contributed by atoms with Crippen molar-refractivity contribution >= 4 is 3.21 Å². The van der Waals surface area contributed by atoms with Crippen molar-refractivity contribution < 1.29 is 18.3 Å². The summed E-state index contributed by atoms with van der Waals surface area (Å²) in [7, 11) is 0. The summed E-state index contributed by atoms with van der Waals surface area (Å²) in [6.45, 7) is 4.67. The first-order valence-electron chi connectivity index (χ1n) is 13.7. The summed E-state index contributed by atoms with van der Waals surface area (Å²) in [5.74, 6) is 0.539. The SMILES string of the molecule is CC(C)C1=CC[C]([Zr]([CH3])([CH3])(=[C](c2ccccc2)c2ccccc2)[CH]2c3ccccc3-c3ccccc32)=C1. The van der Waals surface area contributed by atoms with Crippen LogP contribution in [0, 0.1) is 5.92 Å². The van der Waals surface area contributed by atoms with E-state index >= 15 is 0 Å². The van der Waals surface area contributed by atoms with E-state index in [1.165, 1.54) is 39.0 Å². The quantitative estimate of drug-likeness (QED) is 0.228. The molecular formula is C36H36Zr. The van der Waals surface area contributed by atoms with Gasteiger partial charge in [-0.15, -0.1) is 0 Å². The first-order chi connectivity index (χ1) is 17.9. The molecule has 6 rings (SSSR count). The first-order valence-corrected chi connectivity index (χ1v) is 22.5. The van der Waals surface area contributed by atoms with Crippen LogP contribution in [0.1, 0.15) is 46.1 Å². The Balaban J connectivity index is 1.82. The average Bonchev–Trinajstić information content (AvgIpc) is 3.55. The maximum absolute atomic E-state index is 4.18. The van der Waals surface area contributed by atoms with Crippen molar-refractivity contribution in [2.24, 2.45) is 5.92 Å². The zero-order chi connectivity index (χ0) is 25.6. The molecule has 0 unspecified atom stereocenters. The van der Waals surface area contributed by atoms with Crippen molar-refractivity contribution in [1.82, 2.24) is 0 Å². The summed E-state index contributed by atoms with van der Waals surface area (Å²) in [6, 6.07) is 41.0. The molecule has 184 valence electrons. The summed E-state index contributed by atoms with van der Waals surface area (Å²) in [5.41, 5.74) is 10.1. The Morgan fingerprint density at radius 3 is 1.57 bits per heavy atom. The van der Waals surface area contributed by atoms with E-state index in [9.17, 15) is 0 Å². The van der Waals surface area contributed by atoms with E-state index < -0.39 is 18.3 Å². The van der Waals surface area contributed by atoms with Gasteiger partial charge in [-0.05, 0) is 0 Å². The van der Waals surface area contributed by atoms with Crippen LogP contribution in [0.25, 0.3) is 11.1 Å². The van der Waals surface area contributed by atoms with Gasteiger partial charge in [0, 0.05) is 0 Å². The van der Waals surface area contributed by atoms with Gasteiger partial charge in [0.2, 0.25) is 0 Å². The molecule has 4 aromatic rings. The van der Waals surface area contributed by atoms with Gasteiger partial charge >= 0.3 is 224 Å². The van der Waals surface area contributed by atoms with E-state index in [4.69, 9.17) is 0 Å². The zero-order valence-corrected chi connectivity index (χ0v) is 24.9. The molecule has 0 fully saturated rings. The van der Waals surface area contributed by atoms with Gasteiger partial charge in [0.15, 0.2) is 0 Å². The second-order valence-corrected chi connectivity index (χ2v) is 28.4. The van der Waals surface area contributed by atoms with Crippen molar-refractivity contribution in [2.45, 2.75) is 33.2 Å². The predicted molar refractivity (Wildman–Crippen MR) is 157 cm³/mol. The Morgan fingerprint density at radius 1 is 0.649 bits per heavy atom. The fourth-order valence-corrected chi connectivity index (χ4v) is 24.0. The zero-order valence-electron chi connectivity index (χ0n) is 22.4. The monoisotopic (exact) mass is 558 g/mol. The molecule has 0 nitrogen and oxygen atoms in total. The van der Waals surface area contributed by atoms with Crippen LogP contribution in [0.4, 0.5) is 0 Å². The summed E-state index contributed by atoms with van der Waals surface area (Å²) in [4.78, 5) is 0. The molecule has 0 aromatic heterocycles. The Labute approximate surface area is 223 Å². The minimum absolute atomic E-state index is 0.385. The van der Waals surface area contributed by atoms with Gasteiger partial charge < -0.3 is 0 Å². The molecule has 2 aliphatic carbocycles. The minimum atomic E-state index is -4.18. The molecule has 0 radical (unpaired) electrons. The van der Waals surface area contributed by atoms with Gasteiger partial charge in [-0.1, -0.05) is 0 Å². The van der Waals surface area contributed by atoms with Crippen LogP contribution in [0.15, 0.2) is 130 Å². The van der Waals surface area contributed by atoms with Crippen molar-refractivity contribution in [3.05, 3.63) is 152 Å². The van der Waals surface area contributed by atoms with Gasteiger partial charge in [0.05, 0.1) is 0 Å². The molecule has 4 aromatic carbocycles. The fourth-order valence-electron chi connectivity index (χ4n) is 7.33. The first kappa shape index (κ1) is 24.4. The molecule has 0 N–H and O–H groups in total. The maximum atomic E-state index is 2.74. The van der Waals surface area contributed by atoms with Crippen LogP contribution >= 0.6 is 0 Å². The average molecular weight is 560 g/mol. The summed E-state index contributed by atoms with van der Waals surface area (Å²) in [5, 5.41) is 0. The molecule has 0 heterocycles. The molecular weight excluding hydrogens is 524 g/mol. The van der Waals surface area contributed by atoms with E-state index in [-0.39, 0.29) is 0 Å². The molecule has 0 saturated heterocycles. The van der Waals surface area contributed by atoms with Gasteiger partial charge in [-0.25, -0.2) is 0 Å². The third-order valence-corrected chi connectivity index (χ3v) is 25.8.